The highest BCUT2D eigenvalue weighted by Gasteiger charge is 2.14. The van der Waals surface area contributed by atoms with Crippen LogP contribution in [0.5, 0.6) is 0 Å². The fourth-order valence-electron chi connectivity index (χ4n) is 2.71. The predicted molar refractivity (Wildman–Crippen MR) is 116 cm³/mol. The van der Waals surface area contributed by atoms with Crippen molar-refractivity contribution in [1.82, 2.24) is 9.88 Å². The van der Waals surface area contributed by atoms with Gasteiger partial charge in [0.05, 0.1) is 16.3 Å². The largest absolute Gasteiger partial charge is 0.345 e. The van der Waals surface area contributed by atoms with E-state index in [9.17, 15) is 9.59 Å². The summed E-state index contributed by atoms with van der Waals surface area (Å²) < 4.78 is 0. The third-order valence-electron chi connectivity index (χ3n) is 4.36. The minimum atomic E-state index is -0.359. The topological polar surface area (TPSA) is 65.5 Å². The molecule has 29 heavy (non-hydrogen) atoms. The third-order valence-corrected chi connectivity index (χ3v) is 4.69. The number of benzene rings is 2. The van der Waals surface area contributed by atoms with Crippen molar-refractivity contribution in [1.29, 1.82) is 0 Å². The van der Waals surface area contributed by atoms with Gasteiger partial charge in [0, 0.05) is 38.6 Å². The van der Waals surface area contributed by atoms with Gasteiger partial charge in [-0.3, -0.25) is 9.59 Å². The molecule has 6 nitrogen and oxygen atoms in total. The molecule has 1 heterocycles. The summed E-state index contributed by atoms with van der Waals surface area (Å²) in [6.07, 6.45) is 1.51. The predicted octanol–water partition coefficient (Wildman–Crippen LogP) is 4.46. The van der Waals surface area contributed by atoms with Crippen LogP contribution >= 0.6 is 11.6 Å². The molecule has 2 aromatic carbocycles. The summed E-state index contributed by atoms with van der Waals surface area (Å²) in [5.41, 5.74) is 2.18. The van der Waals surface area contributed by atoms with Gasteiger partial charge in [-0.2, -0.15) is 0 Å². The van der Waals surface area contributed by atoms with E-state index in [0.29, 0.717) is 27.7 Å². The maximum atomic E-state index is 12.6. The Bertz CT molecular complexity index is 1020. The third kappa shape index (κ3) is 4.73. The number of rotatable bonds is 5. The molecule has 0 saturated heterocycles. The van der Waals surface area contributed by atoms with E-state index < -0.39 is 0 Å². The molecule has 3 rings (SSSR count). The first-order chi connectivity index (χ1) is 13.9. The smallest absolute Gasteiger partial charge is 0.257 e. The van der Waals surface area contributed by atoms with Gasteiger partial charge in [0.1, 0.15) is 5.82 Å². The normalized spacial score (nSPS) is 10.3. The number of nitrogens with zero attached hydrogens (tertiary/aromatic N) is 3. The van der Waals surface area contributed by atoms with E-state index in [-0.39, 0.29) is 11.8 Å². The lowest BCUT2D eigenvalue weighted by atomic mass is 10.1. The molecule has 0 radical (unpaired) electrons. The van der Waals surface area contributed by atoms with Crippen molar-refractivity contribution in [3.8, 4) is 0 Å². The number of hydrogen-bond acceptors (Lipinski definition) is 4. The van der Waals surface area contributed by atoms with Gasteiger partial charge in [-0.1, -0.05) is 29.8 Å². The molecular formula is C22H21ClN4O2. The molecule has 0 unspecified atom stereocenters. The molecule has 0 saturated carbocycles. The number of aromatic nitrogens is 1. The first-order valence-electron chi connectivity index (χ1n) is 8.94. The van der Waals surface area contributed by atoms with E-state index in [2.05, 4.69) is 10.3 Å². The summed E-state index contributed by atoms with van der Waals surface area (Å²) in [5, 5.41) is 3.09. The molecule has 3 aromatic rings. The fraction of sp³-hybridized carbons (Fsp3) is 0.136. The Kier molecular flexibility index (Phi) is 6.14. The number of hydrogen-bond donors (Lipinski definition) is 1. The molecule has 0 aliphatic rings. The number of carbonyl (C=O) groups excluding carboxylic acids is 2. The van der Waals surface area contributed by atoms with Gasteiger partial charge in [-0.25, -0.2) is 4.98 Å². The van der Waals surface area contributed by atoms with Gasteiger partial charge in [0.25, 0.3) is 11.8 Å². The molecule has 2 amide bonds. The van der Waals surface area contributed by atoms with E-state index >= 15 is 0 Å². The molecule has 0 bridgehead atoms. The van der Waals surface area contributed by atoms with Crippen LogP contribution in [-0.2, 0) is 0 Å². The van der Waals surface area contributed by atoms with Crippen molar-refractivity contribution in [3.05, 3.63) is 83.0 Å². The Morgan fingerprint density at radius 1 is 0.931 bits per heavy atom. The van der Waals surface area contributed by atoms with E-state index in [4.69, 9.17) is 11.6 Å². The van der Waals surface area contributed by atoms with E-state index in [1.54, 1.807) is 44.4 Å². The maximum absolute atomic E-state index is 12.6. The molecule has 1 N–H and O–H groups in total. The van der Waals surface area contributed by atoms with Crippen LogP contribution in [0, 0.1) is 0 Å². The number of para-hydroxylation sites is 1. The summed E-state index contributed by atoms with van der Waals surface area (Å²) in [5.74, 6) is 0.180. The first-order valence-corrected chi connectivity index (χ1v) is 9.32. The number of nitrogens with one attached hydrogen (secondary N) is 1. The monoisotopic (exact) mass is 408 g/mol. The van der Waals surface area contributed by atoms with Gasteiger partial charge in [-0.15, -0.1) is 0 Å². The highest BCUT2D eigenvalue weighted by atomic mass is 35.5. The van der Waals surface area contributed by atoms with Gasteiger partial charge >= 0.3 is 0 Å². The van der Waals surface area contributed by atoms with Gasteiger partial charge in [0.15, 0.2) is 0 Å². The van der Waals surface area contributed by atoms with Crippen LogP contribution in [0.25, 0.3) is 0 Å². The molecule has 0 atom stereocenters. The molecular weight excluding hydrogens is 388 g/mol. The van der Waals surface area contributed by atoms with Gasteiger partial charge in [-0.05, 0) is 42.5 Å². The number of pyridine rings is 1. The van der Waals surface area contributed by atoms with E-state index in [0.717, 1.165) is 5.69 Å². The zero-order chi connectivity index (χ0) is 21.0. The molecule has 0 aliphatic heterocycles. The van der Waals surface area contributed by atoms with Crippen LogP contribution in [0.1, 0.15) is 20.7 Å². The maximum Gasteiger partial charge on any atom is 0.257 e. The standard InChI is InChI=1S/C22H21ClN4O2/c1-26(2)22(29)15-9-11-18(23)19(13-15)25-21(28)16-10-12-20(24-14-16)27(3)17-7-5-4-6-8-17/h4-14H,1-3H3,(H,25,28). The minimum absolute atomic E-state index is 0.174. The zero-order valence-corrected chi connectivity index (χ0v) is 17.1. The average molecular weight is 409 g/mol. The average Bonchev–Trinajstić information content (AvgIpc) is 2.74. The Morgan fingerprint density at radius 2 is 1.62 bits per heavy atom. The SMILES string of the molecule is CN(C)C(=O)c1ccc(Cl)c(NC(=O)c2ccc(N(C)c3ccccc3)nc2)c1. The van der Waals surface area contributed by atoms with Crippen molar-refractivity contribution in [2.45, 2.75) is 0 Å². The van der Waals surface area contributed by atoms with Crippen molar-refractivity contribution >= 4 is 40.6 Å². The van der Waals surface area contributed by atoms with Crippen molar-refractivity contribution in [2.75, 3.05) is 31.4 Å². The lowest BCUT2D eigenvalue weighted by Crippen LogP contribution is -2.22. The molecule has 0 fully saturated rings. The summed E-state index contributed by atoms with van der Waals surface area (Å²) in [4.78, 5) is 32.5. The van der Waals surface area contributed by atoms with Crippen molar-refractivity contribution < 1.29 is 9.59 Å². The summed E-state index contributed by atoms with van der Waals surface area (Å²) in [6, 6.07) is 18.0. The highest BCUT2D eigenvalue weighted by molar-refractivity contribution is 6.34. The fourth-order valence-corrected chi connectivity index (χ4v) is 2.87. The molecule has 7 heteroatoms. The Morgan fingerprint density at radius 3 is 2.24 bits per heavy atom. The summed E-state index contributed by atoms with van der Waals surface area (Å²) in [7, 11) is 5.23. The van der Waals surface area contributed by atoms with E-state index in [1.807, 2.05) is 42.3 Å². The lowest BCUT2D eigenvalue weighted by molar-refractivity contribution is 0.0827. The number of anilines is 3. The van der Waals surface area contributed by atoms with Crippen LogP contribution in [0.3, 0.4) is 0 Å². The first kappa shape index (κ1) is 20.4. The van der Waals surface area contributed by atoms with Crippen molar-refractivity contribution in [3.63, 3.8) is 0 Å². The summed E-state index contributed by atoms with van der Waals surface area (Å²) >= 11 is 6.18. The van der Waals surface area contributed by atoms with Crippen LogP contribution in [0.15, 0.2) is 66.9 Å². The van der Waals surface area contributed by atoms with Crippen molar-refractivity contribution in [2.24, 2.45) is 0 Å². The molecule has 148 valence electrons. The molecule has 1 aromatic heterocycles. The van der Waals surface area contributed by atoms with Crippen LogP contribution in [0.2, 0.25) is 5.02 Å². The van der Waals surface area contributed by atoms with E-state index in [1.165, 1.54) is 11.1 Å². The molecule has 0 spiro atoms. The number of amides is 2. The minimum Gasteiger partial charge on any atom is -0.345 e. The summed E-state index contributed by atoms with van der Waals surface area (Å²) in [6.45, 7) is 0. The van der Waals surface area contributed by atoms with Crippen LogP contribution < -0.4 is 10.2 Å². The number of halogens is 1. The molecule has 0 aliphatic carbocycles. The van der Waals surface area contributed by atoms with Gasteiger partial charge in [0.2, 0.25) is 0 Å². The zero-order valence-electron chi connectivity index (χ0n) is 16.4. The number of carbonyl (C=O) groups is 2. The Hall–Kier alpha value is -3.38. The Balaban J connectivity index is 1.76. The lowest BCUT2D eigenvalue weighted by Gasteiger charge is -2.18. The van der Waals surface area contributed by atoms with Crippen LogP contribution in [-0.4, -0.2) is 42.8 Å². The Labute approximate surface area is 174 Å². The van der Waals surface area contributed by atoms with Crippen LogP contribution in [0.4, 0.5) is 17.2 Å². The highest BCUT2D eigenvalue weighted by Crippen LogP contribution is 2.25. The second-order valence-corrected chi connectivity index (χ2v) is 7.06. The quantitative estimate of drug-likeness (QED) is 0.677. The second-order valence-electron chi connectivity index (χ2n) is 6.65. The van der Waals surface area contributed by atoms with Gasteiger partial charge < -0.3 is 15.1 Å². The second kappa shape index (κ2) is 8.75.